The number of benzene rings is 3. The molecule has 4 rings (SSSR count). The fourth-order valence-electron chi connectivity index (χ4n) is 4.51. The van der Waals surface area contributed by atoms with Gasteiger partial charge in [-0.3, -0.25) is 9.80 Å². The van der Waals surface area contributed by atoms with Gasteiger partial charge < -0.3 is 9.84 Å². The van der Waals surface area contributed by atoms with Crippen LogP contribution in [0, 0.1) is 0 Å². The Hall–Kier alpha value is -3.36. The maximum atomic E-state index is 13.5. The maximum Gasteiger partial charge on any atom is 0.416 e. The fraction of sp³-hybridized carbons (Fsp3) is 0.296. The van der Waals surface area contributed by atoms with Gasteiger partial charge in [-0.15, -0.1) is 0 Å². The number of ether oxygens (including phenoxy) is 1. The summed E-state index contributed by atoms with van der Waals surface area (Å²) in [5.74, 6) is -0.673. The van der Waals surface area contributed by atoms with Crippen molar-refractivity contribution in [2.24, 2.45) is 0 Å². The van der Waals surface area contributed by atoms with E-state index in [-0.39, 0.29) is 11.3 Å². The third-order valence-electron chi connectivity index (χ3n) is 6.29. The van der Waals surface area contributed by atoms with E-state index in [0.29, 0.717) is 37.3 Å². The van der Waals surface area contributed by atoms with Crippen LogP contribution in [-0.2, 0) is 17.5 Å². The van der Waals surface area contributed by atoms with Gasteiger partial charge in [0.1, 0.15) is 5.75 Å². The van der Waals surface area contributed by atoms with Gasteiger partial charge in [0, 0.05) is 38.3 Å². The van der Waals surface area contributed by atoms with Gasteiger partial charge in [0.15, 0.2) is 0 Å². The van der Waals surface area contributed by atoms with Gasteiger partial charge in [0.05, 0.1) is 24.3 Å². The molecule has 1 fully saturated rings. The van der Waals surface area contributed by atoms with Crippen molar-refractivity contribution in [2.75, 3.05) is 33.3 Å². The number of esters is 1. The maximum absolute atomic E-state index is 13.5. The lowest BCUT2D eigenvalue weighted by Gasteiger charge is -2.40. The Morgan fingerprint density at radius 3 is 2.34 bits per heavy atom. The van der Waals surface area contributed by atoms with E-state index in [0.717, 1.165) is 18.7 Å². The summed E-state index contributed by atoms with van der Waals surface area (Å²) in [6.45, 7) is 3.36. The predicted molar refractivity (Wildman–Crippen MR) is 126 cm³/mol. The van der Waals surface area contributed by atoms with Crippen molar-refractivity contribution in [1.82, 2.24) is 9.80 Å². The van der Waals surface area contributed by atoms with Crippen molar-refractivity contribution in [1.29, 1.82) is 0 Å². The van der Waals surface area contributed by atoms with Gasteiger partial charge in [0.2, 0.25) is 0 Å². The van der Waals surface area contributed by atoms with Crippen molar-refractivity contribution < 1.29 is 27.8 Å². The average Bonchev–Trinajstić information content (AvgIpc) is 2.86. The first kappa shape index (κ1) is 24.8. The zero-order chi connectivity index (χ0) is 25.0. The molecule has 1 N–H and O–H groups in total. The number of hydrogen-bond acceptors (Lipinski definition) is 5. The van der Waals surface area contributed by atoms with E-state index in [4.69, 9.17) is 4.74 Å². The van der Waals surface area contributed by atoms with E-state index in [1.165, 1.54) is 36.9 Å². The number of halogens is 3. The molecule has 1 aliphatic heterocycles. The van der Waals surface area contributed by atoms with Crippen LogP contribution in [0.1, 0.15) is 38.7 Å². The third kappa shape index (κ3) is 5.83. The van der Waals surface area contributed by atoms with Crippen LogP contribution >= 0.6 is 0 Å². The standard InChI is InChI=1S/C27H27F3N2O3/c1-35-26(34)21-10-11-24(33)23(17-21)25(20-8-5-9-22(16-20)27(28,29)30)32-14-12-31(13-15-32)18-19-6-3-2-4-7-19/h2-11,16-17,25,33H,12-15,18H2,1H3. The smallest absolute Gasteiger partial charge is 0.416 e. The first-order valence-corrected chi connectivity index (χ1v) is 11.3. The highest BCUT2D eigenvalue weighted by atomic mass is 19.4. The molecular weight excluding hydrogens is 457 g/mol. The quantitative estimate of drug-likeness (QED) is 0.493. The molecule has 0 aromatic heterocycles. The Bertz CT molecular complexity index is 1160. The lowest BCUT2D eigenvalue weighted by molar-refractivity contribution is -0.137. The molecule has 184 valence electrons. The Kier molecular flexibility index (Phi) is 7.42. The number of piperazine rings is 1. The zero-order valence-electron chi connectivity index (χ0n) is 19.3. The number of phenols is 1. The predicted octanol–water partition coefficient (Wildman–Crippen LogP) is 5.10. The van der Waals surface area contributed by atoms with Crippen molar-refractivity contribution in [3.63, 3.8) is 0 Å². The lowest BCUT2D eigenvalue weighted by atomic mass is 9.93. The Morgan fingerprint density at radius 1 is 0.971 bits per heavy atom. The molecule has 1 aliphatic rings. The van der Waals surface area contributed by atoms with Crippen molar-refractivity contribution in [3.05, 3.63) is 101 Å². The van der Waals surface area contributed by atoms with Gasteiger partial charge in [-0.25, -0.2) is 4.79 Å². The molecule has 0 bridgehead atoms. The molecule has 0 amide bonds. The molecule has 1 unspecified atom stereocenters. The van der Waals surface area contributed by atoms with E-state index >= 15 is 0 Å². The normalized spacial score (nSPS) is 16.1. The number of methoxy groups -OCH3 is 1. The molecule has 5 nitrogen and oxygen atoms in total. The SMILES string of the molecule is COC(=O)c1ccc(O)c(C(c2cccc(C(F)(F)F)c2)N2CCN(Cc3ccccc3)CC2)c1. The molecule has 3 aromatic rings. The number of hydrogen-bond donors (Lipinski definition) is 1. The summed E-state index contributed by atoms with van der Waals surface area (Å²) in [6.07, 6.45) is -4.50. The van der Waals surface area contributed by atoms with E-state index in [1.54, 1.807) is 6.07 Å². The van der Waals surface area contributed by atoms with Crippen molar-refractivity contribution in [3.8, 4) is 5.75 Å². The summed E-state index contributed by atoms with van der Waals surface area (Å²) in [4.78, 5) is 16.5. The zero-order valence-corrected chi connectivity index (χ0v) is 19.3. The first-order valence-electron chi connectivity index (χ1n) is 11.3. The molecule has 0 spiro atoms. The molecule has 0 radical (unpaired) electrons. The molecule has 3 aromatic carbocycles. The summed E-state index contributed by atoms with van der Waals surface area (Å²) in [5, 5.41) is 10.7. The Balaban J connectivity index is 1.67. The van der Waals surface area contributed by atoms with Crippen molar-refractivity contribution in [2.45, 2.75) is 18.8 Å². The highest BCUT2D eigenvalue weighted by Crippen LogP contribution is 2.38. The van der Waals surface area contributed by atoms with Gasteiger partial charge in [-0.2, -0.15) is 13.2 Å². The minimum Gasteiger partial charge on any atom is -0.508 e. The van der Waals surface area contributed by atoms with Gasteiger partial charge in [0.25, 0.3) is 0 Å². The van der Waals surface area contributed by atoms with Gasteiger partial charge >= 0.3 is 12.1 Å². The molecule has 0 saturated carbocycles. The number of carbonyl (C=O) groups is 1. The summed E-state index contributed by atoms with van der Waals surface area (Å²) < 4.78 is 45.3. The van der Waals surface area contributed by atoms with Gasteiger partial charge in [-0.1, -0.05) is 42.5 Å². The van der Waals surface area contributed by atoms with Crippen LogP contribution in [0.2, 0.25) is 0 Å². The average molecular weight is 485 g/mol. The second-order valence-corrected chi connectivity index (χ2v) is 8.59. The number of carbonyl (C=O) groups excluding carboxylic acids is 1. The third-order valence-corrected chi connectivity index (χ3v) is 6.29. The summed E-state index contributed by atoms with van der Waals surface area (Å²) >= 11 is 0. The number of aromatic hydroxyl groups is 1. The molecule has 1 saturated heterocycles. The Morgan fingerprint density at radius 2 is 1.69 bits per heavy atom. The van der Waals surface area contributed by atoms with E-state index in [9.17, 15) is 23.1 Å². The van der Waals surface area contributed by atoms with Crippen LogP contribution in [0.5, 0.6) is 5.75 Å². The van der Waals surface area contributed by atoms with Crippen LogP contribution in [-0.4, -0.2) is 54.2 Å². The highest BCUT2D eigenvalue weighted by molar-refractivity contribution is 5.89. The molecular formula is C27H27F3N2O3. The van der Waals surface area contributed by atoms with E-state index < -0.39 is 23.8 Å². The minimum atomic E-state index is -4.50. The van der Waals surface area contributed by atoms with E-state index in [2.05, 4.69) is 17.0 Å². The number of nitrogens with zero attached hydrogens (tertiary/aromatic N) is 2. The van der Waals surface area contributed by atoms with Crippen LogP contribution in [0.3, 0.4) is 0 Å². The molecule has 8 heteroatoms. The molecule has 0 aliphatic carbocycles. The lowest BCUT2D eigenvalue weighted by Crippen LogP contribution is -2.47. The molecule has 1 atom stereocenters. The van der Waals surface area contributed by atoms with Crippen LogP contribution < -0.4 is 0 Å². The number of phenolic OH excluding ortho intramolecular Hbond substituents is 1. The fourth-order valence-corrected chi connectivity index (χ4v) is 4.51. The minimum absolute atomic E-state index is 0.0909. The summed E-state index contributed by atoms with van der Waals surface area (Å²) in [5.41, 5.74) is 1.42. The summed E-state index contributed by atoms with van der Waals surface area (Å²) in [7, 11) is 1.26. The first-order chi connectivity index (χ1) is 16.8. The van der Waals surface area contributed by atoms with Crippen molar-refractivity contribution >= 4 is 5.97 Å². The number of rotatable bonds is 6. The monoisotopic (exact) mass is 484 g/mol. The van der Waals surface area contributed by atoms with E-state index in [1.807, 2.05) is 23.1 Å². The summed E-state index contributed by atoms with van der Waals surface area (Å²) in [6, 6.07) is 18.9. The van der Waals surface area contributed by atoms with Gasteiger partial charge in [-0.05, 0) is 41.5 Å². The highest BCUT2D eigenvalue weighted by Gasteiger charge is 2.33. The topological polar surface area (TPSA) is 53.0 Å². The van der Waals surface area contributed by atoms with Crippen LogP contribution in [0.15, 0.2) is 72.8 Å². The second-order valence-electron chi connectivity index (χ2n) is 8.59. The number of alkyl halides is 3. The van der Waals surface area contributed by atoms with Crippen LogP contribution in [0.25, 0.3) is 0 Å². The largest absolute Gasteiger partial charge is 0.508 e. The molecule has 35 heavy (non-hydrogen) atoms. The second kappa shape index (κ2) is 10.5. The van der Waals surface area contributed by atoms with Crippen LogP contribution in [0.4, 0.5) is 13.2 Å². The Labute approximate surface area is 202 Å². The molecule has 1 heterocycles.